The molecule has 0 amide bonds. The van der Waals surface area contributed by atoms with Crippen molar-refractivity contribution in [2.45, 2.75) is 34.2 Å². The van der Waals surface area contributed by atoms with Gasteiger partial charge < -0.3 is 9.47 Å². The Morgan fingerprint density at radius 2 is 1.96 bits per heavy atom. The molecule has 0 aliphatic carbocycles. The minimum absolute atomic E-state index is 0.766. The molecule has 26 heavy (non-hydrogen) atoms. The van der Waals surface area contributed by atoms with Crippen LogP contribution < -0.4 is 0 Å². The van der Waals surface area contributed by atoms with Crippen LogP contribution >= 0.6 is 11.3 Å². The average Bonchev–Trinajstić information content (AvgIpc) is 3.36. The molecule has 0 N–H and O–H groups in total. The third-order valence-corrected chi connectivity index (χ3v) is 6.09. The summed E-state index contributed by atoms with van der Waals surface area (Å²) in [4.78, 5) is 13.1. The maximum atomic E-state index is 4.82. The quantitative estimate of drug-likeness (QED) is 0.520. The summed E-state index contributed by atoms with van der Waals surface area (Å²) in [5.41, 5.74) is 4.39. The van der Waals surface area contributed by atoms with Crippen LogP contribution in [0, 0.1) is 13.8 Å². The maximum absolute atomic E-state index is 4.82. The molecule has 0 aliphatic heterocycles. The predicted octanol–water partition coefficient (Wildman–Crippen LogP) is 3.77. The van der Waals surface area contributed by atoms with E-state index in [9.17, 15) is 0 Å². The van der Waals surface area contributed by atoms with Gasteiger partial charge in [-0.15, -0.1) is 16.4 Å². The Labute approximate surface area is 157 Å². The van der Waals surface area contributed by atoms with E-state index in [-0.39, 0.29) is 0 Å². The number of fused-ring (bicyclic) bond motifs is 3. The van der Waals surface area contributed by atoms with Gasteiger partial charge in [-0.05, 0) is 43.9 Å². The van der Waals surface area contributed by atoms with Crippen LogP contribution in [-0.4, -0.2) is 48.7 Å². The van der Waals surface area contributed by atoms with Crippen LogP contribution in [0.2, 0.25) is 0 Å². The maximum Gasteiger partial charge on any atom is 0.192 e. The number of aromatic nitrogens is 5. The Kier molecular flexibility index (Phi) is 4.50. The number of thiophene rings is 1. The van der Waals surface area contributed by atoms with Gasteiger partial charge in [-0.3, -0.25) is 0 Å². The number of aryl methyl sites for hydroxylation is 1. The van der Waals surface area contributed by atoms with Crippen molar-refractivity contribution in [2.75, 3.05) is 19.6 Å². The van der Waals surface area contributed by atoms with Gasteiger partial charge in [0.25, 0.3) is 0 Å². The van der Waals surface area contributed by atoms with Gasteiger partial charge in [0.2, 0.25) is 0 Å². The SMILES string of the molecule is CCN(CC)CCn1c(C)c(C)c2c1ncn1nc(-c3cccs3)nc21. The molecule has 0 aromatic carbocycles. The Bertz CT molecular complexity index is 1040. The van der Waals surface area contributed by atoms with E-state index in [1.165, 1.54) is 11.3 Å². The van der Waals surface area contributed by atoms with Crippen molar-refractivity contribution in [3.05, 3.63) is 35.1 Å². The van der Waals surface area contributed by atoms with Crippen LogP contribution in [0.5, 0.6) is 0 Å². The molecular weight excluding hydrogens is 344 g/mol. The minimum atomic E-state index is 0.766. The van der Waals surface area contributed by atoms with E-state index < -0.39 is 0 Å². The molecule has 0 saturated heterocycles. The van der Waals surface area contributed by atoms with Crippen molar-refractivity contribution in [3.8, 4) is 10.7 Å². The van der Waals surface area contributed by atoms with Gasteiger partial charge in [0, 0.05) is 18.8 Å². The largest absolute Gasteiger partial charge is 0.328 e. The lowest BCUT2D eigenvalue weighted by atomic mass is 10.2. The number of rotatable bonds is 6. The van der Waals surface area contributed by atoms with Crippen molar-refractivity contribution in [2.24, 2.45) is 0 Å². The summed E-state index contributed by atoms with van der Waals surface area (Å²) in [6.07, 6.45) is 1.79. The number of hydrogen-bond donors (Lipinski definition) is 0. The first kappa shape index (κ1) is 17.2. The van der Waals surface area contributed by atoms with Crippen LogP contribution in [0.4, 0.5) is 0 Å². The summed E-state index contributed by atoms with van der Waals surface area (Å²) in [6, 6.07) is 4.08. The van der Waals surface area contributed by atoms with Crippen LogP contribution in [0.1, 0.15) is 25.1 Å². The highest BCUT2D eigenvalue weighted by Crippen LogP contribution is 2.29. The lowest BCUT2D eigenvalue weighted by Gasteiger charge is -2.19. The molecule has 7 heteroatoms. The zero-order valence-corrected chi connectivity index (χ0v) is 16.5. The van der Waals surface area contributed by atoms with Crippen molar-refractivity contribution < 1.29 is 0 Å². The molecule has 4 rings (SSSR count). The summed E-state index contributed by atoms with van der Waals surface area (Å²) >= 11 is 1.66. The van der Waals surface area contributed by atoms with Gasteiger partial charge in [0.05, 0.1) is 10.3 Å². The molecule has 4 heterocycles. The van der Waals surface area contributed by atoms with Gasteiger partial charge >= 0.3 is 0 Å². The Morgan fingerprint density at radius 1 is 1.15 bits per heavy atom. The van der Waals surface area contributed by atoms with Crippen LogP contribution in [0.3, 0.4) is 0 Å². The molecular formula is C19H24N6S. The third-order valence-electron chi connectivity index (χ3n) is 5.22. The number of likely N-dealkylation sites (N-methyl/N-ethyl adjacent to an activating group) is 1. The second-order valence-electron chi connectivity index (χ2n) is 6.51. The fourth-order valence-corrected chi connectivity index (χ4v) is 4.15. The van der Waals surface area contributed by atoms with Gasteiger partial charge in [0.15, 0.2) is 11.5 Å². The van der Waals surface area contributed by atoms with E-state index in [0.29, 0.717) is 0 Å². The molecule has 0 fully saturated rings. The second-order valence-corrected chi connectivity index (χ2v) is 7.46. The minimum Gasteiger partial charge on any atom is -0.328 e. The summed E-state index contributed by atoms with van der Waals surface area (Å²) < 4.78 is 4.13. The van der Waals surface area contributed by atoms with E-state index in [4.69, 9.17) is 9.97 Å². The monoisotopic (exact) mass is 368 g/mol. The van der Waals surface area contributed by atoms with E-state index in [0.717, 1.165) is 53.6 Å². The fraction of sp³-hybridized carbons (Fsp3) is 0.421. The van der Waals surface area contributed by atoms with Crippen molar-refractivity contribution >= 4 is 28.0 Å². The first-order chi connectivity index (χ1) is 12.6. The molecule has 0 unspecified atom stereocenters. The highest BCUT2D eigenvalue weighted by molar-refractivity contribution is 7.13. The Hall–Kier alpha value is -2.25. The van der Waals surface area contributed by atoms with Gasteiger partial charge in [-0.1, -0.05) is 19.9 Å². The first-order valence-electron chi connectivity index (χ1n) is 9.11. The number of hydrogen-bond acceptors (Lipinski definition) is 5. The Morgan fingerprint density at radius 3 is 2.65 bits per heavy atom. The molecule has 6 nitrogen and oxygen atoms in total. The van der Waals surface area contributed by atoms with E-state index in [2.05, 4.69) is 48.3 Å². The van der Waals surface area contributed by atoms with Crippen LogP contribution in [0.25, 0.3) is 27.4 Å². The highest BCUT2D eigenvalue weighted by atomic mass is 32.1. The molecule has 136 valence electrons. The van der Waals surface area contributed by atoms with E-state index >= 15 is 0 Å². The molecule has 4 aromatic heterocycles. The van der Waals surface area contributed by atoms with E-state index in [1.807, 2.05) is 11.4 Å². The molecule has 0 bridgehead atoms. The zero-order chi connectivity index (χ0) is 18.3. The molecule has 0 atom stereocenters. The third kappa shape index (κ3) is 2.71. The molecule has 0 radical (unpaired) electrons. The van der Waals surface area contributed by atoms with Crippen molar-refractivity contribution in [1.82, 2.24) is 29.0 Å². The highest BCUT2D eigenvalue weighted by Gasteiger charge is 2.18. The molecule has 0 saturated carbocycles. The topological polar surface area (TPSA) is 51.2 Å². The first-order valence-corrected chi connectivity index (χ1v) is 9.99. The van der Waals surface area contributed by atoms with Crippen molar-refractivity contribution in [3.63, 3.8) is 0 Å². The molecule has 0 aliphatic rings. The standard InChI is InChI=1S/C19H24N6S/c1-5-23(6-2)9-10-24-14(4)13(3)16-18(24)20-12-25-19(16)21-17(22-25)15-8-7-11-26-15/h7-8,11-12H,5-6,9-10H2,1-4H3. The Balaban J connectivity index is 1.83. The normalized spacial score (nSPS) is 12.0. The van der Waals surface area contributed by atoms with Crippen LogP contribution in [0.15, 0.2) is 23.8 Å². The zero-order valence-electron chi connectivity index (χ0n) is 15.7. The van der Waals surface area contributed by atoms with Gasteiger partial charge in [-0.2, -0.15) is 0 Å². The van der Waals surface area contributed by atoms with Crippen molar-refractivity contribution in [1.29, 1.82) is 0 Å². The van der Waals surface area contributed by atoms with E-state index in [1.54, 1.807) is 22.2 Å². The van der Waals surface area contributed by atoms with Crippen LogP contribution in [-0.2, 0) is 6.54 Å². The van der Waals surface area contributed by atoms with Gasteiger partial charge in [0.1, 0.15) is 12.0 Å². The molecule has 4 aromatic rings. The van der Waals surface area contributed by atoms with Gasteiger partial charge in [-0.25, -0.2) is 14.5 Å². The summed E-state index contributed by atoms with van der Waals surface area (Å²) in [5, 5.41) is 7.78. The summed E-state index contributed by atoms with van der Waals surface area (Å²) in [5.74, 6) is 0.766. The summed E-state index contributed by atoms with van der Waals surface area (Å²) in [7, 11) is 0. The predicted molar refractivity (Wildman–Crippen MR) is 107 cm³/mol. The summed E-state index contributed by atoms with van der Waals surface area (Å²) in [6.45, 7) is 12.8. The lowest BCUT2D eigenvalue weighted by Crippen LogP contribution is -2.27. The fourth-order valence-electron chi connectivity index (χ4n) is 3.50. The lowest BCUT2D eigenvalue weighted by molar-refractivity contribution is 0.291. The average molecular weight is 369 g/mol. The smallest absolute Gasteiger partial charge is 0.192 e. The number of nitrogens with zero attached hydrogens (tertiary/aromatic N) is 6. The second kappa shape index (κ2) is 6.81. The molecule has 0 spiro atoms.